The monoisotopic (exact) mass is 361 g/mol. The van der Waals surface area contributed by atoms with Crippen molar-refractivity contribution in [3.8, 4) is 0 Å². The average Bonchev–Trinajstić information content (AvgIpc) is 2.89. The van der Waals surface area contributed by atoms with E-state index < -0.39 is 0 Å². The maximum Gasteiger partial charge on any atom is 0.165 e. The first-order valence-corrected chi connectivity index (χ1v) is 8.66. The summed E-state index contributed by atoms with van der Waals surface area (Å²) in [4.78, 5) is 14.5. The van der Waals surface area contributed by atoms with E-state index >= 15 is 0 Å². The molecule has 0 N–H and O–H groups in total. The highest BCUT2D eigenvalue weighted by Crippen LogP contribution is 2.24. The van der Waals surface area contributed by atoms with E-state index in [1.807, 2.05) is 17.8 Å². The molecule has 1 heterocycles. The summed E-state index contributed by atoms with van der Waals surface area (Å²) in [5.41, 5.74) is 0.624. The summed E-state index contributed by atoms with van der Waals surface area (Å²) >= 11 is 11.4. The highest BCUT2D eigenvalue weighted by atomic mass is 79.9. The van der Waals surface area contributed by atoms with E-state index in [9.17, 15) is 4.79 Å². The Kier molecular flexibility index (Phi) is 5.75. The fourth-order valence-corrected chi connectivity index (χ4v) is 4.26. The van der Waals surface area contributed by atoms with Gasteiger partial charge in [0, 0.05) is 34.8 Å². The maximum absolute atomic E-state index is 12.2. The van der Waals surface area contributed by atoms with Gasteiger partial charge in [-0.05, 0) is 37.4 Å². The number of carbonyl (C=O) groups is 1. The van der Waals surface area contributed by atoms with Gasteiger partial charge in [0.05, 0.1) is 5.02 Å². The Bertz CT molecular complexity index is 463. The number of hydrogen-bond acceptors (Lipinski definition) is 3. The smallest absolute Gasteiger partial charge is 0.165 e. The van der Waals surface area contributed by atoms with Crippen molar-refractivity contribution in [1.29, 1.82) is 0 Å². The summed E-state index contributed by atoms with van der Waals surface area (Å²) in [7, 11) is 2.10. The van der Waals surface area contributed by atoms with E-state index in [0.29, 0.717) is 23.0 Å². The van der Waals surface area contributed by atoms with Crippen LogP contribution in [0.15, 0.2) is 22.7 Å². The van der Waals surface area contributed by atoms with Gasteiger partial charge in [0.25, 0.3) is 0 Å². The Balaban J connectivity index is 1.90. The van der Waals surface area contributed by atoms with Crippen molar-refractivity contribution in [3.63, 3.8) is 0 Å². The standard InChI is InChI=1S/C14H17BrClNOS/c1-17(11-5-7-19-9-11)6-4-14(18)12-3-2-10(15)8-13(12)16/h2-3,8,11H,4-7,9H2,1H3. The molecule has 5 heteroatoms. The van der Waals surface area contributed by atoms with Gasteiger partial charge in [-0.25, -0.2) is 0 Å². The van der Waals surface area contributed by atoms with Crippen molar-refractivity contribution in [2.75, 3.05) is 25.1 Å². The highest BCUT2D eigenvalue weighted by molar-refractivity contribution is 9.10. The first kappa shape index (κ1) is 15.4. The maximum atomic E-state index is 12.2. The SMILES string of the molecule is CN(CCC(=O)c1ccc(Br)cc1Cl)C1CCSC1. The van der Waals surface area contributed by atoms with E-state index in [-0.39, 0.29) is 5.78 Å². The summed E-state index contributed by atoms with van der Waals surface area (Å²) in [6.07, 6.45) is 1.76. The van der Waals surface area contributed by atoms with Gasteiger partial charge in [0.1, 0.15) is 0 Å². The van der Waals surface area contributed by atoms with Crippen LogP contribution in [0.3, 0.4) is 0 Å². The summed E-state index contributed by atoms with van der Waals surface area (Å²) in [5, 5.41) is 0.526. The fraction of sp³-hybridized carbons (Fsp3) is 0.500. The third kappa shape index (κ3) is 4.22. The predicted molar refractivity (Wildman–Crippen MR) is 86.5 cm³/mol. The van der Waals surface area contributed by atoms with Crippen molar-refractivity contribution in [3.05, 3.63) is 33.3 Å². The van der Waals surface area contributed by atoms with Gasteiger partial charge in [-0.1, -0.05) is 27.5 Å². The number of thioether (sulfide) groups is 1. The van der Waals surface area contributed by atoms with Crippen molar-refractivity contribution in [1.82, 2.24) is 4.90 Å². The minimum atomic E-state index is 0.120. The second-order valence-electron chi connectivity index (χ2n) is 4.80. The van der Waals surface area contributed by atoms with Crippen LogP contribution in [0.4, 0.5) is 0 Å². The number of halogens is 2. The first-order valence-electron chi connectivity index (χ1n) is 6.34. The minimum Gasteiger partial charge on any atom is -0.302 e. The molecule has 2 nitrogen and oxygen atoms in total. The zero-order valence-corrected chi connectivity index (χ0v) is 14.0. The predicted octanol–water partition coefficient (Wildman–Crippen LogP) is 4.11. The molecule has 0 aromatic heterocycles. The van der Waals surface area contributed by atoms with Crippen molar-refractivity contribution in [2.24, 2.45) is 0 Å². The Morgan fingerprint density at radius 2 is 2.37 bits per heavy atom. The molecule has 1 aromatic carbocycles. The molecule has 1 fully saturated rings. The molecular formula is C14H17BrClNOS. The van der Waals surface area contributed by atoms with Gasteiger partial charge in [0.15, 0.2) is 5.78 Å². The number of ketones is 1. The molecule has 1 atom stereocenters. The zero-order chi connectivity index (χ0) is 13.8. The number of carbonyl (C=O) groups excluding carboxylic acids is 1. The van der Waals surface area contributed by atoms with Gasteiger partial charge in [-0.3, -0.25) is 4.79 Å². The third-order valence-corrected chi connectivity index (χ3v) is 5.40. The molecule has 1 unspecified atom stereocenters. The highest BCUT2D eigenvalue weighted by Gasteiger charge is 2.20. The lowest BCUT2D eigenvalue weighted by atomic mass is 10.1. The van der Waals surface area contributed by atoms with Crippen LogP contribution in [-0.4, -0.2) is 41.8 Å². The van der Waals surface area contributed by atoms with Gasteiger partial charge in [-0.2, -0.15) is 11.8 Å². The van der Waals surface area contributed by atoms with Crippen LogP contribution in [0.5, 0.6) is 0 Å². The largest absolute Gasteiger partial charge is 0.302 e. The molecular weight excluding hydrogens is 346 g/mol. The molecule has 0 saturated carbocycles. The summed E-state index contributed by atoms with van der Waals surface area (Å²) in [6, 6.07) is 6.04. The van der Waals surface area contributed by atoms with E-state index in [4.69, 9.17) is 11.6 Å². The molecule has 104 valence electrons. The van der Waals surface area contributed by atoms with Gasteiger partial charge >= 0.3 is 0 Å². The quantitative estimate of drug-likeness (QED) is 0.735. The molecule has 1 aliphatic rings. The minimum absolute atomic E-state index is 0.120. The second kappa shape index (κ2) is 7.11. The molecule has 0 bridgehead atoms. The summed E-state index contributed by atoms with van der Waals surface area (Å²) in [6.45, 7) is 0.802. The Morgan fingerprint density at radius 3 is 3.00 bits per heavy atom. The number of hydrogen-bond donors (Lipinski definition) is 0. The number of rotatable bonds is 5. The van der Waals surface area contributed by atoms with E-state index in [1.54, 1.807) is 12.1 Å². The van der Waals surface area contributed by atoms with Crippen LogP contribution in [0, 0.1) is 0 Å². The van der Waals surface area contributed by atoms with Crippen LogP contribution in [0.1, 0.15) is 23.2 Å². The fourth-order valence-electron chi connectivity index (χ4n) is 2.18. The number of benzene rings is 1. The van der Waals surface area contributed by atoms with Gasteiger partial charge < -0.3 is 4.90 Å². The summed E-state index contributed by atoms with van der Waals surface area (Å²) < 4.78 is 0.897. The average molecular weight is 363 g/mol. The van der Waals surface area contributed by atoms with Gasteiger partial charge in [-0.15, -0.1) is 0 Å². The molecule has 0 amide bonds. The normalized spacial score (nSPS) is 19.1. The lowest BCUT2D eigenvalue weighted by Crippen LogP contribution is -2.33. The van der Waals surface area contributed by atoms with Crippen LogP contribution < -0.4 is 0 Å². The van der Waals surface area contributed by atoms with Crippen molar-refractivity contribution >= 4 is 45.1 Å². The molecule has 2 rings (SSSR count). The molecule has 1 aliphatic heterocycles. The van der Waals surface area contributed by atoms with Gasteiger partial charge in [0.2, 0.25) is 0 Å². The Labute approximate surface area is 132 Å². The van der Waals surface area contributed by atoms with Crippen LogP contribution in [0.25, 0.3) is 0 Å². The van der Waals surface area contributed by atoms with E-state index in [1.165, 1.54) is 17.9 Å². The van der Waals surface area contributed by atoms with Crippen LogP contribution in [0.2, 0.25) is 5.02 Å². The van der Waals surface area contributed by atoms with E-state index in [0.717, 1.165) is 11.0 Å². The third-order valence-electron chi connectivity index (χ3n) is 3.45. The van der Waals surface area contributed by atoms with Crippen LogP contribution in [-0.2, 0) is 0 Å². The molecule has 1 saturated heterocycles. The summed E-state index contributed by atoms with van der Waals surface area (Å²) in [5.74, 6) is 2.54. The second-order valence-corrected chi connectivity index (χ2v) is 7.27. The lowest BCUT2D eigenvalue weighted by molar-refractivity contribution is 0.0963. The van der Waals surface area contributed by atoms with Crippen LogP contribution >= 0.6 is 39.3 Å². The first-order chi connectivity index (χ1) is 9.08. The van der Waals surface area contributed by atoms with Crippen molar-refractivity contribution < 1.29 is 4.79 Å². The zero-order valence-electron chi connectivity index (χ0n) is 10.9. The van der Waals surface area contributed by atoms with Crippen molar-refractivity contribution in [2.45, 2.75) is 18.9 Å². The number of nitrogens with zero attached hydrogens (tertiary/aromatic N) is 1. The van der Waals surface area contributed by atoms with E-state index in [2.05, 4.69) is 27.9 Å². The Hall–Kier alpha value is -0.0300. The molecule has 19 heavy (non-hydrogen) atoms. The molecule has 0 radical (unpaired) electrons. The Morgan fingerprint density at radius 1 is 1.58 bits per heavy atom. The molecule has 1 aromatic rings. The molecule has 0 spiro atoms. The molecule has 0 aliphatic carbocycles. The number of Topliss-reactive ketones (excluding diaryl/α,β-unsaturated/α-hetero) is 1. The topological polar surface area (TPSA) is 20.3 Å². The lowest BCUT2D eigenvalue weighted by Gasteiger charge is -2.22.